The van der Waals surface area contributed by atoms with Crippen LogP contribution < -0.4 is 10.1 Å². The molecule has 0 spiro atoms. The first-order valence-electron chi connectivity index (χ1n) is 11.6. The molecule has 5 nitrogen and oxygen atoms in total. The molecule has 172 valence electrons. The number of hydrogen-bond acceptors (Lipinski definition) is 4. The molecule has 0 aliphatic rings. The van der Waals surface area contributed by atoms with Crippen LogP contribution in [0.1, 0.15) is 45.9 Å². The molecular formula is C27H31N3O2S. The van der Waals surface area contributed by atoms with Gasteiger partial charge in [0.05, 0.1) is 22.5 Å². The fraction of sp³-hybridized carbons (Fsp3) is 0.333. The van der Waals surface area contributed by atoms with Gasteiger partial charge in [-0.15, -0.1) is 11.3 Å². The highest BCUT2D eigenvalue weighted by Crippen LogP contribution is 2.21. The van der Waals surface area contributed by atoms with E-state index >= 15 is 0 Å². The van der Waals surface area contributed by atoms with E-state index < -0.39 is 0 Å². The summed E-state index contributed by atoms with van der Waals surface area (Å²) in [7, 11) is 0. The molecule has 1 N–H and O–H groups in total. The van der Waals surface area contributed by atoms with Crippen LogP contribution in [0.2, 0.25) is 0 Å². The van der Waals surface area contributed by atoms with Gasteiger partial charge in [-0.25, -0.2) is 4.98 Å². The molecule has 0 unspecified atom stereocenters. The van der Waals surface area contributed by atoms with Crippen LogP contribution in [0.4, 0.5) is 0 Å². The number of aryl methyl sites for hydroxylation is 3. The Balaban J connectivity index is 1.29. The minimum absolute atomic E-state index is 0.0237. The van der Waals surface area contributed by atoms with Crippen molar-refractivity contribution in [2.24, 2.45) is 0 Å². The molecule has 4 rings (SSSR count). The predicted molar refractivity (Wildman–Crippen MR) is 135 cm³/mol. The summed E-state index contributed by atoms with van der Waals surface area (Å²) in [6.07, 6.45) is 3.97. The number of carbonyl (C=O) groups excluding carboxylic acids is 1. The Morgan fingerprint density at radius 2 is 1.94 bits per heavy atom. The van der Waals surface area contributed by atoms with Gasteiger partial charge in [0.25, 0.3) is 5.91 Å². The summed E-state index contributed by atoms with van der Waals surface area (Å²) in [5.74, 6) is 2.06. The number of ether oxygens (including phenoxy) is 1. The maximum atomic E-state index is 12.0. The summed E-state index contributed by atoms with van der Waals surface area (Å²) in [5, 5.41) is 4.93. The number of imidazole rings is 1. The standard InChI is InChI=1S/C27H31N3O2S/c1-20-13-14-24(21(2)19-20)32-17-16-30-23-10-6-5-9-22(23)29-26(30)12-4-3-7-15-28-27(31)25-11-8-18-33-25/h5-6,8-11,13-14,18-19H,3-4,7,12,15-17H2,1-2H3,(H,28,31). The summed E-state index contributed by atoms with van der Waals surface area (Å²) < 4.78 is 8.38. The van der Waals surface area contributed by atoms with E-state index in [1.807, 2.05) is 23.6 Å². The molecule has 2 aromatic carbocycles. The summed E-state index contributed by atoms with van der Waals surface area (Å²) in [6.45, 7) is 6.25. The Hall–Kier alpha value is -3.12. The summed E-state index contributed by atoms with van der Waals surface area (Å²) in [6, 6.07) is 18.3. The molecule has 0 radical (unpaired) electrons. The number of amides is 1. The Bertz CT molecular complexity index is 1200. The van der Waals surface area contributed by atoms with Crippen molar-refractivity contribution in [2.75, 3.05) is 13.2 Å². The fourth-order valence-corrected chi connectivity index (χ4v) is 4.70. The van der Waals surface area contributed by atoms with Crippen LogP contribution in [0.15, 0.2) is 60.0 Å². The van der Waals surface area contributed by atoms with Crippen LogP contribution >= 0.6 is 11.3 Å². The molecule has 0 saturated carbocycles. The number of unbranched alkanes of at least 4 members (excludes halogenated alkanes) is 2. The molecule has 0 fully saturated rings. The second kappa shape index (κ2) is 11.1. The fourth-order valence-electron chi connectivity index (χ4n) is 4.06. The number of rotatable bonds is 11. The molecule has 6 heteroatoms. The van der Waals surface area contributed by atoms with E-state index in [0.717, 1.165) is 65.3 Å². The minimum atomic E-state index is 0.0237. The van der Waals surface area contributed by atoms with Gasteiger partial charge in [0.15, 0.2) is 0 Å². The number of aromatic nitrogens is 2. The third-order valence-corrected chi connectivity index (χ3v) is 6.61. The first kappa shape index (κ1) is 23.1. The normalized spacial score (nSPS) is 11.1. The largest absolute Gasteiger partial charge is 0.491 e. The molecule has 0 atom stereocenters. The molecule has 33 heavy (non-hydrogen) atoms. The SMILES string of the molecule is Cc1ccc(OCCn2c(CCCCCNC(=O)c3cccs3)nc3ccccc32)c(C)c1. The summed E-state index contributed by atoms with van der Waals surface area (Å²) >= 11 is 1.47. The highest BCUT2D eigenvalue weighted by molar-refractivity contribution is 7.12. The first-order valence-corrected chi connectivity index (χ1v) is 12.5. The lowest BCUT2D eigenvalue weighted by atomic mass is 10.1. The van der Waals surface area contributed by atoms with Crippen molar-refractivity contribution in [2.45, 2.75) is 46.1 Å². The number of carbonyl (C=O) groups is 1. The average Bonchev–Trinajstić information content (AvgIpc) is 3.46. The zero-order valence-electron chi connectivity index (χ0n) is 19.3. The molecular weight excluding hydrogens is 430 g/mol. The number of benzene rings is 2. The number of nitrogens with zero attached hydrogens (tertiary/aromatic N) is 2. The number of hydrogen-bond donors (Lipinski definition) is 1. The Labute approximate surface area is 199 Å². The molecule has 0 bridgehead atoms. The number of thiophene rings is 1. The molecule has 2 aromatic heterocycles. The maximum absolute atomic E-state index is 12.0. The van der Waals surface area contributed by atoms with Crippen LogP contribution in [-0.4, -0.2) is 28.6 Å². The summed E-state index contributed by atoms with van der Waals surface area (Å²) in [4.78, 5) is 17.7. The van der Waals surface area contributed by atoms with Gasteiger partial charge < -0.3 is 14.6 Å². The first-order chi connectivity index (χ1) is 16.1. The van der Waals surface area contributed by atoms with Crippen molar-refractivity contribution >= 4 is 28.3 Å². The molecule has 0 saturated heterocycles. The van der Waals surface area contributed by atoms with Gasteiger partial charge in [-0.3, -0.25) is 4.79 Å². The van der Waals surface area contributed by atoms with Gasteiger partial charge in [-0.05, 0) is 61.9 Å². The lowest BCUT2D eigenvalue weighted by molar-refractivity contribution is 0.0957. The highest BCUT2D eigenvalue weighted by Gasteiger charge is 2.11. The zero-order valence-corrected chi connectivity index (χ0v) is 20.2. The number of para-hydroxylation sites is 2. The third kappa shape index (κ3) is 6.02. The van der Waals surface area contributed by atoms with Gasteiger partial charge >= 0.3 is 0 Å². The second-order valence-corrected chi connectivity index (χ2v) is 9.28. The Kier molecular flexibility index (Phi) is 7.79. The number of nitrogens with one attached hydrogen (secondary N) is 1. The van der Waals surface area contributed by atoms with Gasteiger partial charge in [-0.1, -0.05) is 42.3 Å². The van der Waals surface area contributed by atoms with E-state index in [0.29, 0.717) is 13.2 Å². The molecule has 1 amide bonds. The number of fused-ring (bicyclic) bond motifs is 1. The van der Waals surface area contributed by atoms with E-state index in [9.17, 15) is 4.79 Å². The average molecular weight is 462 g/mol. The smallest absolute Gasteiger partial charge is 0.261 e. The predicted octanol–water partition coefficient (Wildman–Crippen LogP) is 5.94. The Morgan fingerprint density at radius 1 is 1.06 bits per heavy atom. The van der Waals surface area contributed by atoms with E-state index in [2.05, 4.69) is 60.1 Å². The van der Waals surface area contributed by atoms with Crippen LogP contribution in [0.3, 0.4) is 0 Å². The van der Waals surface area contributed by atoms with Gasteiger partial charge in [-0.2, -0.15) is 0 Å². The topological polar surface area (TPSA) is 56.1 Å². The van der Waals surface area contributed by atoms with Gasteiger partial charge in [0, 0.05) is 13.0 Å². The van der Waals surface area contributed by atoms with Gasteiger partial charge in [0.2, 0.25) is 0 Å². The van der Waals surface area contributed by atoms with Crippen LogP contribution in [0.25, 0.3) is 11.0 Å². The molecule has 4 aromatic rings. The van der Waals surface area contributed by atoms with Crippen LogP contribution in [-0.2, 0) is 13.0 Å². The van der Waals surface area contributed by atoms with Crippen LogP contribution in [0, 0.1) is 13.8 Å². The minimum Gasteiger partial charge on any atom is -0.491 e. The van der Waals surface area contributed by atoms with E-state index in [-0.39, 0.29) is 5.91 Å². The Morgan fingerprint density at radius 3 is 2.76 bits per heavy atom. The lowest BCUT2D eigenvalue weighted by Crippen LogP contribution is -2.23. The third-order valence-electron chi connectivity index (χ3n) is 5.74. The van der Waals surface area contributed by atoms with Crippen molar-refractivity contribution in [1.82, 2.24) is 14.9 Å². The molecule has 0 aliphatic heterocycles. The zero-order chi connectivity index (χ0) is 23.0. The second-order valence-electron chi connectivity index (χ2n) is 8.33. The summed E-state index contributed by atoms with van der Waals surface area (Å²) in [5.41, 5.74) is 4.59. The van der Waals surface area contributed by atoms with Crippen molar-refractivity contribution < 1.29 is 9.53 Å². The molecule has 0 aliphatic carbocycles. The highest BCUT2D eigenvalue weighted by atomic mass is 32.1. The quantitative estimate of drug-likeness (QED) is 0.281. The van der Waals surface area contributed by atoms with Gasteiger partial charge in [0.1, 0.15) is 18.2 Å². The molecule has 2 heterocycles. The van der Waals surface area contributed by atoms with E-state index in [1.54, 1.807) is 0 Å². The van der Waals surface area contributed by atoms with Crippen molar-refractivity contribution in [1.29, 1.82) is 0 Å². The lowest BCUT2D eigenvalue weighted by Gasteiger charge is -2.13. The van der Waals surface area contributed by atoms with Crippen molar-refractivity contribution in [3.8, 4) is 5.75 Å². The van der Waals surface area contributed by atoms with Crippen LogP contribution in [0.5, 0.6) is 5.75 Å². The monoisotopic (exact) mass is 461 g/mol. The van der Waals surface area contributed by atoms with E-state index in [1.165, 1.54) is 16.9 Å². The maximum Gasteiger partial charge on any atom is 0.261 e. The van der Waals surface area contributed by atoms with E-state index in [4.69, 9.17) is 9.72 Å². The van der Waals surface area contributed by atoms with Crippen molar-refractivity contribution in [3.63, 3.8) is 0 Å². The van der Waals surface area contributed by atoms with Crippen molar-refractivity contribution in [3.05, 3.63) is 81.8 Å².